The van der Waals surface area contributed by atoms with Crippen molar-refractivity contribution in [1.29, 1.82) is 0 Å². The van der Waals surface area contributed by atoms with Crippen LogP contribution in [0.25, 0.3) is 11.1 Å². The number of ether oxygens (including phenoxy) is 1. The standard InChI is InChI=1S/C37H47N5O6S/c1-5-12-33-38-37(19-11-20-41(24-37)35(43)28-13-7-8-14-28)36(44)42(33)22-27-17-18-30(29(21-27)23-47-6-2)31-15-9-10-16-32(31)49(45,46)40-34-25(3)26(4)48-39-34/h9-10,15-18,21,28H,5-8,11-14,19-20,22-24H2,1-4H3,(H,39,40)/t37-/m1/s1. The van der Waals surface area contributed by atoms with E-state index in [-0.39, 0.29) is 35.1 Å². The topological polar surface area (TPSA) is 134 Å². The van der Waals surface area contributed by atoms with Gasteiger partial charge in [0, 0.05) is 36.6 Å². The molecule has 1 saturated carbocycles. The molecule has 2 amide bonds. The summed E-state index contributed by atoms with van der Waals surface area (Å²) >= 11 is 0. The van der Waals surface area contributed by atoms with Crippen LogP contribution in [0.2, 0.25) is 0 Å². The normalized spacial score (nSPS) is 20.0. The molecule has 2 aliphatic heterocycles. The molecule has 1 atom stereocenters. The zero-order chi connectivity index (χ0) is 34.8. The molecule has 0 unspecified atom stereocenters. The molecular formula is C37H47N5O6S. The fourth-order valence-electron chi connectivity index (χ4n) is 7.36. The lowest BCUT2D eigenvalue weighted by Gasteiger charge is -2.38. The predicted molar refractivity (Wildman–Crippen MR) is 187 cm³/mol. The number of amidine groups is 1. The Morgan fingerprint density at radius 2 is 1.86 bits per heavy atom. The van der Waals surface area contributed by atoms with Crippen LogP contribution < -0.4 is 4.72 Å². The van der Waals surface area contributed by atoms with E-state index in [9.17, 15) is 18.0 Å². The molecule has 12 heteroatoms. The summed E-state index contributed by atoms with van der Waals surface area (Å²) in [5.41, 5.74) is 2.60. The highest BCUT2D eigenvalue weighted by Crippen LogP contribution is 2.38. The van der Waals surface area contributed by atoms with Crippen molar-refractivity contribution in [2.45, 2.75) is 103 Å². The van der Waals surface area contributed by atoms with Crippen molar-refractivity contribution in [2.75, 3.05) is 24.4 Å². The number of hydrogen-bond acceptors (Lipinski definition) is 8. The predicted octanol–water partition coefficient (Wildman–Crippen LogP) is 6.39. The monoisotopic (exact) mass is 689 g/mol. The van der Waals surface area contributed by atoms with Crippen LogP contribution in [0.15, 0.2) is 56.9 Å². The summed E-state index contributed by atoms with van der Waals surface area (Å²) in [4.78, 5) is 36.6. The van der Waals surface area contributed by atoms with E-state index in [1.54, 1.807) is 43.0 Å². The van der Waals surface area contributed by atoms with Gasteiger partial charge in [0.25, 0.3) is 15.9 Å². The van der Waals surface area contributed by atoms with Crippen molar-refractivity contribution in [2.24, 2.45) is 10.9 Å². The second-order valence-corrected chi connectivity index (χ2v) is 15.1. The number of piperidine rings is 1. The maximum Gasteiger partial charge on any atom is 0.263 e. The summed E-state index contributed by atoms with van der Waals surface area (Å²) in [6.07, 6.45) is 6.92. The minimum absolute atomic E-state index is 0.0452. The van der Waals surface area contributed by atoms with Gasteiger partial charge in [-0.25, -0.2) is 8.42 Å². The highest BCUT2D eigenvalue weighted by atomic mass is 32.2. The number of aliphatic imine (C=N–C) groups is 1. The van der Waals surface area contributed by atoms with Crippen molar-refractivity contribution in [3.63, 3.8) is 0 Å². The van der Waals surface area contributed by atoms with E-state index < -0.39 is 15.6 Å². The van der Waals surface area contributed by atoms with Gasteiger partial charge in [0.2, 0.25) is 5.91 Å². The van der Waals surface area contributed by atoms with Crippen LogP contribution in [0.4, 0.5) is 5.82 Å². The molecule has 3 aromatic rings. The second kappa shape index (κ2) is 14.4. The number of rotatable bonds is 12. The van der Waals surface area contributed by atoms with E-state index in [1.165, 1.54) is 0 Å². The highest BCUT2D eigenvalue weighted by molar-refractivity contribution is 7.92. The molecule has 262 valence electrons. The van der Waals surface area contributed by atoms with E-state index in [0.717, 1.165) is 55.5 Å². The molecule has 3 aliphatic rings. The van der Waals surface area contributed by atoms with Gasteiger partial charge in [-0.05, 0) is 75.6 Å². The summed E-state index contributed by atoms with van der Waals surface area (Å²) < 4.78 is 41.0. The number of sulfonamides is 1. The number of carbonyl (C=O) groups is 2. The van der Waals surface area contributed by atoms with Crippen LogP contribution >= 0.6 is 0 Å². The summed E-state index contributed by atoms with van der Waals surface area (Å²) in [5.74, 6) is 1.65. The zero-order valence-electron chi connectivity index (χ0n) is 29.0. The first-order valence-electron chi connectivity index (χ1n) is 17.5. The lowest BCUT2D eigenvalue weighted by molar-refractivity contribution is -0.141. The number of aryl methyl sites for hydroxylation is 1. The SMILES string of the molecule is CCCC1=N[C@@]2(CCCN(C(=O)C3CCCC3)C2)C(=O)N1Cc1ccc(-c2ccccc2S(=O)(=O)Nc2noc(C)c2C)c(COCC)c1. The number of nitrogens with zero attached hydrogens (tertiary/aromatic N) is 4. The van der Waals surface area contributed by atoms with Crippen molar-refractivity contribution >= 4 is 33.5 Å². The number of anilines is 1. The Balaban J connectivity index is 1.29. The van der Waals surface area contributed by atoms with Gasteiger partial charge in [0.15, 0.2) is 11.4 Å². The first-order chi connectivity index (χ1) is 23.6. The molecule has 0 bridgehead atoms. The minimum atomic E-state index is -4.03. The maximum atomic E-state index is 14.3. The minimum Gasteiger partial charge on any atom is -0.377 e. The fourth-order valence-corrected chi connectivity index (χ4v) is 8.64. The molecule has 1 aliphatic carbocycles. The smallest absolute Gasteiger partial charge is 0.263 e. The van der Waals surface area contributed by atoms with Crippen LogP contribution in [0.3, 0.4) is 0 Å². The zero-order valence-corrected chi connectivity index (χ0v) is 29.8. The van der Waals surface area contributed by atoms with E-state index in [1.807, 2.05) is 30.0 Å². The summed E-state index contributed by atoms with van der Waals surface area (Å²) in [7, 11) is -4.03. The van der Waals surface area contributed by atoms with Crippen molar-refractivity contribution < 1.29 is 27.3 Å². The third-order valence-electron chi connectivity index (χ3n) is 10.1. The first kappa shape index (κ1) is 34.8. The van der Waals surface area contributed by atoms with Gasteiger partial charge in [0.1, 0.15) is 11.6 Å². The number of amides is 2. The lowest BCUT2D eigenvalue weighted by Crippen LogP contribution is -2.55. The third kappa shape index (κ3) is 7.03. The molecule has 1 spiro atoms. The van der Waals surface area contributed by atoms with E-state index >= 15 is 0 Å². The van der Waals surface area contributed by atoms with E-state index in [2.05, 4.69) is 16.8 Å². The quantitative estimate of drug-likeness (QED) is 0.233. The molecule has 2 fully saturated rings. The van der Waals surface area contributed by atoms with Gasteiger partial charge in [-0.1, -0.05) is 61.3 Å². The van der Waals surface area contributed by atoms with Crippen LogP contribution in [0.1, 0.15) is 87.7 Å². The van der Waals surface area contributed by atoms with Crippen LogP contribution in [0, 0.1) is 19.8 Å². The Hall–Kier alpha value is -4.03. The molecule has 11 nitrogen and oxygen atoms in total. The third-order valence-corrected chi connectivity index (χ3v) is 11.5. The molecule has 2 aromatic carbocycles. The van der Waals surface area contributed by atoms with Crippen LogP contribution in [0.5, 0.6) is 0 Å². The average Bonchev–Trinajstić information content (AvgIpc) is 3.81. The molecule has 3 heterocycles. The summed E-state index contributed by atoms with van der Waals surface area (Å²) in [6, 6.07) is 12.7. The molecule has 1 saturated heterocycles. The number of carbonyl (C=O) groups excluding carboxylic acids is 2. The van der Waals surface area contributed by atoms with E-state index in [4.69, 9.17) is 14.3 Å². The van der Waals surface area contributed by atoms with Crippen molar-refractivity contribution in [3.05, 3.63) is 64.9 Å². The number of aromatic nitrogens is 1. The number of nitrogens with one attached hydrogen (secondary N) is 1. The summed E-state index contributed by atoms with van der Waals surface area (Å²) in [5, 5.41) is 3.89. The van der Waals surface area contributed by atoms with Gasteiger partial charge < -0.3 is 14.2 Å². The van der Waals surface area contributed by atoms with Gasteiger partial charge in [-0.15, -0.1) is 0 Å². The molecule has 1 aromatic heterocycles. The number of hydrogen-bond donors (Lipinski definition) is 1. The van der Waals surface area contributed by atoms with Crippen LogP contribution in [-0.2, 0) is 37.5 Å². The summed E-state index contributed by atoms with van der Waals surface area (Å²) in [6.45, 7) is 9.54. The molecule has 49 heavy (non-hydrogen) atoms. The lowest BCUT2D eigenvalue weighted by atomic mass is 9.88. The van der Waals surface area contributed by atoms with Gasteiger partial charge >= 0.3 is 0 Å². The Morgan fingerprint density at radius 3 is 2.57 bits per heavy atom. The van der Waals surface area contributed by atoms with Crippen molar-refractivity contribution in [1.82, 2.24) is 15.0 Å². The van der Waals surface area contributed by atoms with Gasteiger partial charge in [-0.3, -0.25) is 24.2 Å². The van der Waals surface area contributed by atoms with Gasteiger partial charge in [-0.2, -0.15) is 0 Å². The Labute approximate surface area is 289 Å². The second-order valence-electron chi connectivity index (χ2n) is 13.5. The van der Waals surface area contributed by atoms with Gasteiger partial charge in [0.05, 0.1) is 24.6 Å². The largest absolute Gasteiger partial charge is 0.377 e. The average molecular weight is 690 g/mol. The van der Waals surface area contributed by atoms with E-state index in [0.29, 0.717) is 61.5 Å². The first-order valence-corrected chi connectivity index (χ1v) is 19.0. The highest BCUT2D eigenvalue weighted by Gasteiger charge is 2.51. The number of benzene rings is 2. The molecular weight excluding hydrogens is 643 g/mol. The number of likely N-dealkylation sites (tertiary alicyclic amines) is 1. The van der Waals surface area contributed by atoms with Crippen molar-refractivity contribution in [3.8, 4) is 11.1 Å². The fraction of sp³-hybridized carbons (Fsp3) is 0.514. The van der Waals surface area contributed by atoms with Crippen LogP contribution in [-0.4, -0.2) is 66.3 Å². The molecule has 1 N–H and O–H groups in total. The maximum absolute atomic E-state index is 14.3. The Bertz CT molecular complexity index is 1850. The Morgan fingerprint density at radius 1 is 1.08 bits per heavy atom. The Kier molecular flexibility index (Phi) is 10.3. The molecule has 0 radical (unpaired) electrons. The molecule has 6 rings (SSSR count).